The summed E-state index contributed by atoms with van der Waals surface area (Å²) in [6, 6.07) is 68.7. The molecule has 2 heterocycles. The second-order valence-corrected chi connectivity index (χ2v) is 15.7. The van der Waals surface area contributed by atoms with Gasteiger partial charge in [0.25, 0.3) is 0 Å². The molecule has 6 nitrogen and oxygen atoms in total. The molecule has 0 saturated carbocycles. The quantitative estimate of drug-likeness (QED) is 0.167. The molecule has 0 aliphatic heterocycles. The highest BCUT2D eigenvalue weighted by atomic mass is 15.5. The number of para-hydroxylation sites is 1. The van der Waals surface area contributed by atoms with Gasteiger partial charge in [0.1, 0.15) is 11.0 Å². The third-order valence-electron chi connectivity index (χ3n) is 12.5. The number of hydrogen-bond acceptors (Lipinski definition) is 5. The lowest BCUT2D eigenvalue weighted by Crippen LogP contribution is -2.25. The highest BCUT2D eigenvalue weighted by Crippen LogP contribution is 2.63. The molecule has 2 aliphatic carbocycles. The van der Waals surface area contributed by atoms with Crippen LogP contribution in [0, 0.1) is 0 Å². The molecule has 2 aliphatic rings. The number of nitrogens with zero attached hydrogens (tertiary/aromatic N) is 6. The van der Waals surface area contributed by atoms with Crippen molar-refractivity contribution in [1.29, 1.82) is 0 Å². The Morgan fingerprint density at radius 2 is 0.883 bits per heavy atom. The van der Waals surface area contributed by atoms with E-state index in [9.17, 15) is 0 Å². The Morgan fingerprint density at radius 3 is 1.55 bits per heavy atom. The number of rotatable bonds is 4. The van der Waals surface area contributed by atoms with E-state index in [0.717, 1.165) is 55.0 Å². The van der Waals surface area contributed by atoms with Gasteiger partial charge in [0.05, 0.1) is 11.1 Å². The van der Waals surface area contributed by atoms with Gasteiger partial charge in [-0.2, -0.15) is 4.80 Å². The van der Waals surface area contributed by atoms with Gasteiger partial charge in [-0.25, -0.2) is 15.0 Å². The Hall–Kier alpha value is -8.09. The van der Waals surface area contributed by atoms with Crippen molar-refractivity contribution >= 4 is 32.6 Å². The van der Waals surface area contributed by atoms with Crippen molar-refractivity contribution in [2.45, 2.75) is 5.41 Å². The van der Waals surface area contributed by atoms with E-state index in [1.54, 1.807) is 4.80 Å². The van der Waals surface area contributed by atoms with Gasteiger partial charge in [-0.05, 0) is 91.0 Å². The van der Waals surface area contributed by atoms with Gasteiger partial charge >= 0.3 is 0 Å². The summed E-state index contributed by atoms with van der Waals surface area (Å²) < 4.78 is 0. The smallest absolute Gasteiger partial charge is 0.164 e. The van der Waals surface area contributed by atoms with Crippen molar-refractivity contribution in [3.05, 3.63) is 216 Å². The molecule has 278 valence electrons. The number of fused-ring (bicyclic) bond motifs is 15. The molecular weight excluding hydrogens is 733 g/mol. The van der Waals surface area contributed by atoms with Crippen LogP contribution >= 0.6 is 0 Å². The molecule has 0 fully saturated rings. The average molecular weight is 765 g/mol. The van der Waals surface area contributed by atoms with Crippen LogP contribution in [0.3, 0.4) is 0 Å². The zero-order chi connectivity index (χ0) is 39.4. The van der Waals surface area contributed by atoms with Crippen molar-refractivity contribution in [1.82, 2.24) is 29.9 Å². The fourth-order valence-electron chi connectivity index (χ4n) is 9.93. The zero-order valence-corrected chi connectivity index (χ0v) is 32.2. The zero-order valence-electron chi connectivity index (χ0n) is 32.2. The van der Waals surface area contributed by atoms with Gasteiger partial charge in [0.15, 0.2) is 17.5 Å². The molecule has 0 radical (unpaired) electrons. The molecule has 0 saturated heterocycles. The predicted molar refractivity (Wildman–Crippen MR) is 240 cm³/mol. The Kier molecular flexibility index (Phi) is 6.84. The van der Waals surface area contributed by atoms with Crippen LogP contribution in [0.4, 0.5) is 0 Å². The minimum absolute atomic E-state index is 0.466. The summed E-state index contributed by atoms with van der Waals surface area (Å²) in [6.45, 7) is 0. The van der Waals surface area contributed by atoms with Gasteiger partial charge in [-0.3, -0.25) is 0 Å². The third-order valence-corrected chi connectivity index (χ3v) is 12.5. The van der Waals surface area contributed by atoms with Crippen LogP contribution < -0.4 is 0 Å². The summed E-state index contributed by atoms with van der Waals surface area (Å²) in [5.74, 6) is 1.87. The Morgan fingerprint density at radius 1 is 0.367 bits per heavy atom. The summed E-state index contributed by atoms with van der Waals surface area (Å²) in [7, 11) is 0. The van der Waals surface area contributed by atoms with Crippen LogP contribution in [0.2, 0.25) is 0 Å². The highest BCUT2D eigenvalue weighted by Gasteiger charge is 2.51. The lowest BCUT2D eigenvalue weighted by molar-refractivity contribution is 0.766. The minimum atomic E-state index is -0.466. The highest BCUT2D eigenvalue weighted by molar-refractivity contribution is 6.18. The largest absolute Gasteiger partial charge is 0.208 e. The fraction of sp³-hybridized carbons (Fsp3) is 0.0185. The van der Waals surface area contributed by atoms with Crippen LogP contribution in [-0.4, -0.2) is 29.9 Å². The van der Waals surface area contributed by atoms with Crippen molar-refractivity contribution in [3.63, 3.8) is 0 Å². The minimum Gasteiger partial charge on any atom is -0.208 e. The SMILES string of the molecule is c1ccc(-c2nc(-c3ccc4c(c3)C3(c5ccccc5-c5ccccc53)c3ccccc3-4)nc(-c3ccc4c(ccc5ccc6nn(-c7ccccc7)nc6c54)c3)n2)cc1. The number of aromatic nitrogens is 6. The molecule has 1 spiro atoms. The Bertz CT molecular complexity index is 3490. The van der Waals surface area contributed by atoms with Crippen molar-refractivity contribution in [3.8, 4) is 62.1 Å². The maximum atomic E-state index is 5.29. The van der Waals surface area contributed by atoms with E-state index < -0.39 is 5.41 Å². The normalized spacial score (nSPS) is 13.1. The van der Waals surface area contributed by atoms with Crippen molar-refractivity contribution < 1.29 is 0 Å². The van der Waals surface area contributed by atoms with Crippen LogP contribution in [-0.2, 0) is 5.41 Å². The molecule has 6 heteroatoms. The summed E-state index contributed by atoms with van der Waals surface area (Å²) >= 11 is 0. The maximum Gasteiger partial charge on any atom is 0.164 e. The number of benzene rings is 9. The first kappa shape index (κ1) is 32.9. The van der Waals surface area contributed by atoms with Gasteiger partial charge in [-0.15, -0.1) is 10.2 Å². The molecule has 0 atom stereocenters. The summed E-state index contributed by atoms with van der Waals surface area (Å²) in [5.41, 5.74) is 15.2. The number of hydrogen-bond donors (Lipinski definition) is 0. The molecule has 13 rings (SSSR count). The topological polar surface area (TPSA) is 69.4 Å². The lowest BCUT2D eigenvalue weighted by atomic mass is 9.70. The predicted octanol–water partition coefficient (Wildman–Crippen LogP) is 12.3. The van der Waals surface area contributed by atoms with Crippen molar-refractivity contribution in [2.24, 2.45) is 0 Å². The second-order valence-electron chi connectivity index (χ2n) is 15.7. The molecule has 0 bridgehead atoms. The molecule has 2 aromatic heterocycles. The average Bonchev–Trinajstić information content (AvgIpc) is 3.99. The van der Waals surface area contributed by atoms with Crippen LogP contribution in [0.5, 0.6) is 0 Å². The van der Waals surface area contributed by atoms with E-state index in [-0.39, 0.29) is 0 Å². The van der Waals surface area contributed by atoms with Gasteiger partial charge in [0, 0.05) is 22.1 Å². The van der Waals surface area contributed by atoms with E-state index in [1.807, 2.05) is 54.6 Å². The summed E-state index contributed by atoms with van der Waals surface area (Å²) in [4.78, 5) is 17.4. The summed E-state index contributed by atoms with van der Waals surface area (Å²) in [5, 5.41) is 14.2. The molecule has 0 unspecified atom stereocenters. The molecule has 0 N–H and O–H groups in total. The maximum absolute atomic E-state index is 5.29. The van der Waals surface area contributed by atoms with E-state index in [4.69, 9.17) is 25.1 Å². The fourth-order valence-corrected chi connectivity index (χ4v) is 9.93. The molecule has 60 heavy (non-hydrogen) atoms. The van der Waals surface area contributed by atoms with Gasteiger partial charge in [0.2, 0.25) is 0 Å². The molecular formula is C54H32N6. The molecule has 0 amide bonds. The van der Waals surface area contributed by atoms with Gasteiger partial charge in [-0.1, -0.05) is 164 Å². The first-order valence-corrected chi connectivity index (χ1v) is 20.3. The van der Waals surface area contributed by atoms with E-state index in [2.05, 4.69) is 140 Å². The molecule has 9 aromatic carbocycles. The monoisotopic (exact) mass is 764 g/mol. The second kappa shape index (κ2) is 12.5. The van der Waals surface area contributed by atoms with E-state index in [0.29, 0.717) is 17.5 Å². The molecule has 11 aromatic rings. The Balaban J connectivity index is 1.00. The van der Waals surface area contributed by atoms with Gasteiger partial charge < -0.3 is 0 Å². The van der Waals surface area contributed by atoms with E-state index >= 15 is 0 Å². The van der Waals surface area contributed by atoms with Crippen LogP contribution in [0.25, 0.3) is 94.7 Å². The standard InChI is InChI=1S/C54H32N6/c1-3-13-34(14-4-1)51-55-52(36-25-28-39-35(31-36)24-23-33-27-30-48-50(49(33)39)59-60(58-48)38-15-5-2-6-16-38)57-53(56-51)37-26-29-43-42-19-9-12-22-46(42)54(47(43)32-37)44-20-10-7-17-40(44)41-18-8-11-21-45(41)54/h1-32H. The Labute approximate surface area is 345 Å². The van der Waals surface area contributed by atoms with Crippen LogP contribution in [0.1, 0.15) is 22.3 Å². The third kappa shape index (κ3) is 4.61. The summed E-state index contributed by atoms with van der Waals surface area (Å²) in [6.07, 6.45) is 0. The van der Waals surface area contributed by atoms with Crippen LogP contribution in [0.15, 0.2) is 194 Å². The van der Waals surface area contributed by atoms with E-state index in [1.165, 1.54) is 44.5 Å². The lowest BCUT2D eigenvalue weighted by Gasteiger charge is -2.30. The van der Waals surface area contributed by atoms with Crippen molar-refractivity contribution in [2.75, 3.05) is 0 Å². The first-order chi connectivity index (χ1) is 29.7. The first-order valence-electron chi connectivity index (χ1n) is 20.3.